The molecule has 4 heterocycles. The Balaban J connectivity index is 1.49. The number of benzene rings is 1. The van der Waals surface area contributed by atoms with Gasteiger partial charge in [0.15, 0.2) is 0 Å². The summed E-state index contributed by atoms with van der Waals surface area (Å²) in [6.07, 6.45) is 6.40. The number of allylic oxidation sites excluding steroid dienone is 1. The molecule has 3 aliphatic heterocycles. The molecule has 10 nitrogen and oxygen atoms in total. The lowest BCUT2D eigenvalue weighted by Gasteiger charge is -2.37. The van der Waals surface area contributed by atoms with E-state index in [1.165, 1.54) is 5.01 Å². The molecule has 2 aromatic rings. The van der Waals surface area contributed by atoms with Crippen LogP contribution in [0.25, 0.3) is 17.0 Å². The molecule has 2 amide bonds. The van der Waals surface area contributed by atoms with Gasteiger partial charge in [0.05, 0.1) is 11.2 Å². The summed E-state index contributed by atoms with van der Waals surface area (Å²) in [5.41, 5.74) is 4.52. The Labute approximate surface area is 271 Å². The summed E-state index contributed by atoms with van der Waals surface area (Å²) < 4.78 is 11.4. The van der Waals surface area contributed by atoms with Crippen LogP contribution in [0.3, 0.4) is 0 Å². The molecule has 0 unspecified atom stereocenters. The van der Waals surface area contributed by atoms with Crippen LogP contribution in [0.4, 0.5) is 0 Å². The fraction of sp³-hybridized carbons (Fsp3) is 0.583. The summed E-state index contributed by atoms with van der Waals surface area (Å²) in [5.74, 6) is -1.64. The van der Waals surface area contributed by atoms with Crippen LogP contribution >= 0.6 is 0 Å². The molecule has 2 N–H and O–H groups in total. The van der Waals surface area contributed by atoms with Crippen molar-refractivity contribution >= 4 is 40.5 Å². The largest absolute Gasteiger partial charge is 0.455 e. The van der Waals surface area contributed by atoms with Gasteiger partial charge >= 0.3 is 5.97 Å². The van der Waals surface area contributed by atoms with Crippen molar-refractivity contribution in [3.63, 3.8) is 0 Å². The van der Waals surface area contributed by atoms with Crippen molar-refractivity contribution in [3.05, 3.63) is 47.7 Å². The highest BCUT2D eigenvalue weighted by Gasteiger charge is 2.38. The first-order valence-electron chi connectivity index (χ1n) is 16.7. The zero-order chi connectivity index (χ0) is 33.0. The van der Waals surface area contributed by atoms with Crippen LogP contribution in [0, 0.1) is 23.2 Å². The molecule has 1 aromatic heterocycles. The molecule has 0 saturated carbocycles. The quantitative estimate of drug-likeness (QED) is 0.457. The summed E-state index contributed by atoms with van der Waals surface area (Å²) in [6, 6.07) is 8.17. The number of amides is 2. The Kier molecular flexibility index (Phi) is 10.6. The molecule has 46 heavy (non-hydrogen) atoms. The maximum Gasteiger partial charge on any atom is 0.325 e. The van der Waals surface area contributed by atoms with Crippen molar-refractivity contribution in [1.82, 2.24) is 20.7 Å². The van der Waals surface area contributed by atoms with Gasteiger partial charge in [-0.05, 0) is 82.4 Å². The van der Waals surface area contributed by atoms with Crippen LogP contribution in [0.2, 0.25) is 0 Å². The van der Waals surface area contributed by atoms with Gasteiger partial charge in [-0.3, -0.25) is 24.2 Å². The van der Waals surface area contributed by atoms with Crippen LogP contribution in [0.15, 0.2) is 36.4 Å². The molecule has 3 aliphatic rings. The Morgan fingerprint density at radius 3 is 2.52 bits per heavy atom. The van der Waals surface area contributed by atoms with Gasteiger partial charge < -0.3 is 14.8 Å². The van der Waals surface area contributed by atoms with Crippen LogP contribution in [0.1, 0.15) is 90.5 Å². The van der Waals surface area contributed by atoms with Crippen molar-refractivity contribution < 1.29 is 28.7 Å². The fourth-order valence-corrected chi connectivity index (χ4v) is 6.41. The summed E-state index contributed by atoms with van der Waals surface area (Å²) in [6.45, 7) is 11.0. The number of hydrogen-bond donors (Lipinski definition) is 2. The number of cyclic esters (lactones) is 1. The number of hydrogen-bond acceptors (Lipinski definition) is 8. The lowest BCUT2D eigenvalue weighted by Crippen LogP contribution is -2.60. The lowest BCUT2D eigenvalue weighted by molar-refractivity contribution is -0.157. The number of hydrazine groups is 1. The van der Waals surface area contributed by atoms with Gasteiger partial charge in [-0.2, -0.15) is 0 Å². The second-order valence-corrected chi connectivity index (χ2v) is 14.0. The van der Waals surface area contributed by atoms with Crippen molar-refractivity contribution in [2.24, 2.45) is 23.2 Å². The van der Waals surface area contributed by atoms with E-state index < -0.39 is 35.5 Å². The fourth-order valence-electron chi connectivity index (χ4n) is 6.41. The van der Waals surface area contributed by atoms with Gasteiger partial charge in [-0.25, -0.2) is 10.4 Å². The van der Waals surface area contributed by atoms with E-state index >= 15 is 0 Å². The first-order valence-corrected chi connectivity index (χ1v) is 16.7. The van der Waals surface area contributed by atoms with E-state index in [1.807, 2.05) is 70.2 Å². The number of nitrogens with one attached hydrogen (secondary N) is 2. The third-order valence-electron chi connectivity index (χ3n) is 9.67. The SMILES string of the molecule is CC(C)[C@@H]1CC(=O)C(C)(C)/C=C/c2ccc3ccc(nc3c2)[C@@H](C)OC(=O)[C@@H]2CCCN(N2)C(=O)[C@H](CC2CCOCC2)NC1=O. The Morgan fingerprint density at radius 1 is 1.04 bits per heavy atom. The van der Waals surface area contributed by atoms with E-state index in [1.54, 1.807) is 6.92 Å². The van der Waals surface area contributed by atoms with Crippen LogP contribution in [-0.4, -0.2) is 65.4 Å². The third kappa shape index (κ3) is 8.01. The predicted octanol–water partition coefficient (Wildman–Crippen LogP) is 4.92. The van der Waals surface area contributed by atoms with Crippen molar-refractivity contribution in [2.45, 2.75) is 91.3 Å². The highest BCUT2D eigenvalue weighted by Crippen LogP contribution is 2.29. The second kappa shape index (κ2) is 14.4. The maximum absolute atomic E-state index is 14.1. The molecule has 5 bridgehead atoms. The minimum atomic E-state index is -0.830. The maximum atomic E-state index is 14.1. The Morgan fingerprint density at radius 2 is 1.78 bits per heavy atom. The second-order valence-electron chi connectivity index (χ2n) is 14.0. The van der Waals surface area contributed by atoms with Crippen molar-refractivity contribution in [1.29, 1.82) is 0 Å². The minimum Gasteiger partial charge on any atom is -0.455 e. The number of fused-ring (bicyclic) bond motifs is 4. The number of carbonyl (C=O) groups is 4. The topological polar surface area (TPSA) is 127 Å². The average molecular weight is 633 g/mol. The van der Waals surface area contributed by atoms with E-state index in [0.717, 1.165) is 29.3 Å². The Hall–Kier alpha value is -3.63. The zero-order valence-corrected chi connectivity index (χ0v) is 27.7. The number of aromatic nitrogens is 1. The first-order chi connectivity index (χ1) is 21.9. The molecule has 1 aromatic carbocycles. The highest BCUT2D eigenvalue weighted by molar-refractivity contribution is 5.94. The lowest BCUT2D eigenvalue weighted by atomic mass is 9.79. The molecule has 2 saturated heterocycles. The van der Waals surface area contributed by atoms with E-state index in [2.05, 4.69) is 10.7 Å². The standard InChI is InChI=1S/C36H48N4O6/c1-22(2)27-21-32(41)36(4,5)15-12-24-8-9-26-10-11-28(37-30(26)19-24)23(3)46-35(44)29-7-6-16-40(39-29)34(43)31(38-33(27)42)20-25-13-17-45-18-14-25/h8-12,15,19,22-23,25,27,29,31,39H,6-7,13-14,16-18,20-21H2,1-5H3,(H,38,42)/b15-12+/t23-,27+,29+,31+/m1/s1. The molecule has 5 rings (SSSR count). The third-order valence-corrected chi connectivity index (χ3v) is 9.67. The van der Waals surface area contributed by atoms with Gasteiger partial charge in [-0.15, -0.1) is 0 Å². The number of carbonyl (C=O) groups excluding carboxylic acids is 4. The number of rotatable bonds is 3. The van der Waals surface area contributed by atoms with E-state index in [4.69, 9.17) is 14.5 Å². The van der Waals surface area contributed by atoms with Crippen LogP contribution in [0.5, 0.6) is 0 Å². The summed E-state index contributed by atoms with van der Waals surface area (Å²) in [5, 5.41) is 5.45. The van der Waals surface area contributed by atoms with E-state index in [-0.39, 0.29) is 35.9 Å². The molecular formula is C36H48N4O6. The molecule has 2 fully saturated rings. The Bertz CT molecular complexity index is 1480. The smallest absolute Gasteiger partial charge is 0.325 e. The first kappa shape index (κ1) is 33.7. The molecular weight excluding hydrogens is 584 g/mol. The van der Waals surface area contributed by atoms with E-state index in [0.29, 0.717) is 44.7 Å². The van der Waals surface area contributed by atoms with Gasteiger partial charge in [0.2, 0.25) is 5.91 Å². The number of esters is 1. The number of ether oxygens (including phenoxy) is 2. The molecule has 248 valence electrons. The molecule has 0 aliphatic carbocycles. The summed E-state index contributed by atoms with van der Waals surface area (Å²) in [7, 11) is 0. The van der Waals surface area contributed by atoms with Gasteiger partial charge in [0.1, 0.15) is 24.0 Å². The number of Topliss-reactive ketones (excluding diaryl/α,β-unsaturated/α-hetero) is 1. The van der Waals surface area contributed by atoms with Gasteiger partial charge in [0.25, 0.3) is 5.91 Å². The van der Waals surface area contributed by atoms with Gasteiger partial charge in [-0.1, -0.05) is 44.2 Å². The molecule has 0 radical (unpaired) electrons. The molecule has 0 spiro atoms. The van der Waals surface area contributed by atoms with Crippen molar-refractivity contribution in [3.8, 4) is 0 Å². The monoisotopic (exact) mass is 632 g/mol. The van der Waals surface area contributed by atoms with Crippen LogP contribution < -0.4 is 10.7 Å². The van der Waals surface area contributed by atoms with Crippen molar-refractivity contribution in [2.75, 3.05) is 19.8 Å². The number of ketones is 1. The average Bonchev–Trinajstić information content (AvgIpc) is 3.05. The number of pyridine rings is 1. The predicted molar refractivity (Wildman–Crippen MR) is 175 cm³/mol. The van der Waals surface area contributed by atoms with E-state index in [9.17, 15) is 19.2 Å². The van der Waals surface area contributed by atoms with Gasteiger partial charge in [0, 0.05) is 42.9 Å². The number of nitrogens with zero attached hydrogens (tertiary/aromatic N) is 2. The molecule has 4 atom stereocenters. The summed E-state index contributed by atoms with van der Waals surface area (Å²) in [4.78, 5) is 59.8. The normalized spacial score (nSPS) is 27.8. The van der Waals surface area contributed by atoms with Crippen LogP contribution in [-0.2, 0) is 28.7 Å². The summed E-state index contributed by atoms with van der Waals surface area (Å²) >= 11 is 0. The highest BCUT2D eigenvalue weighted by atomic mass is 16.5. The zero-order valence-electron chi connectivity index (χ0n) is 27.7. The molecule has 10 heteroatoms. The minimum absolute atomic E-state index is 0.0510.